The van der Waals surface area contributed by atoms with E-state index >= 15 is 0 Å². The molecule has 174 valence electrons. The van der Waals surface area contributed by atoms with Crippen molar-refractivity contribution >= 4 is 23.5 Å². The lowest BCUT2D eigenvalue weighted by Gasteiger charge is -2.31. The first-order valence-electron chi connectivity index (χ1n) is 11.2. The van der Waals surface area contributed by atoms with E-state index < -0.39 is 30.2 Å². The minimum atomic E-state index is -0.512. The fourth-order valence-corrected chi connectivity index (χ4v) is 4.03. The van der Waals surface area contributed by atoms with E-state index in [4.69, 9.17) is 4.74 Å². The van der Waals surface area contributed by atoms with Crippen molar-refractivity contribution in [2.24, 2.45) is 5.92 Å². The maximum atomic E-state index is 13.1. The Balaban J connectivity index is 1.32. The van der Waals surface area contributed by atoms with Gasteiger partial charge in [0.2, 0.25) is 0 Å². The Labute approximate surface area is 197 Å². The number of ether oxygens (including phenoxy) is 1. The van der Waals surface area contributed by atoms with Crippen LogP contribution in [0.4, 0.5) is 10.1 Å². The van der Waals surface area contributed by atoms with E-state index in [1.54, 1.807) is 11.0 Å². The Morgan fingerprint density at radius 3 is 2.41 bits per heavy atom. The molecule has 1 atom stereocenters. The van der Waals surface area contributed by atoms with Crippen LogP contribution in [0.3, 0.4) is 0 Å². The van der Waals surface area contributed by atoms with Crippen molar-refractivity contribution in [3.8, 4) is 11.1 Å². The van der Waals surface area contributed by atoms with Crippen molar-refractivity contribution < 1.29 is 23.5 Å². The minimum absolute atomic E-state index is 0.202. The zero-order chi connectivity index (χ0) is 23.9. The van der Waals surface area contributed by atoms with Crippen molar-refractivity contribution in [1.29, 1.82) is 0 Å². The van der Waals surface area contributed by atoms with Crippen LogP contribution in [0.5, 0.6) is 0 Å². The summed E-state index contributed by atoms with van der Waals surface area (Å²) in [6.07, 6.45) is 1.22. The summed E-state index contributed by atoms with van der Waals surface area (Å²) in [7, 11) is 0. The fraction of sp³-hybridized carbons (Fsp3) is 0.222. The molecule has 1 N–H and O–H groups in total. The maximum absolute atomic E-state index is 13.1. The number of amides is 2. The predicted octanol–water partition coefficient (Wildman–Crippen LogP) is 4.53. The average Bonchev–Trinajstić information content (AvgIpc) is 2.88. The Morgan fingerprint density at radius 2 is 1.65 bits per heavy atom. The summed E-state index contributed by atoms with van der Waals surface area (Å²) >= 11 is 0. The summed E-state index contributed by atoms with van der Waals surface area (Å²) in [6, 6.07) is 22.4. The standard InChI is InChI=1S/C27H25FN2O4/c28-22-14-12-20(13-15-22)26(32)30-16-6-9-21(17-30)27(33)34-18-25(31)29-24-11-5-4-10-23(24)19-7-2-1-3-8-19/h1-5,7-8,10-15,21H,6,9,16-18H2,(H,29,31). The van der Waals surface area contributed by atoms with Crippen molar-refractivity contribution in [3.63, 3.8) is 0 Å². The summed E-state index contributed by atoms with van der Waals surface area (Å²) in [6.45, 7) is 0.300. The predicted molar refractivity (Wildman–Crippen MR) is 126 cm³/mol. The van der Waals surface area contributed by atoms with Gasteiger partial charge >= 0.3 is 5.97 Å². The number of halogens is 1. The number of likely N-dealkylation sites (tertiary alicyclic amines) is 1. The largest absolute Gasteiger partial charge is 0.455 e. The number of para-hydroxylation sites is 1. The fourth-order valence-electron chi connectivity index (χ4n) is 4.03. The van der Waals surface area contributed by atoms with Crippen molar-refractivity contribution in [3.05, 3.63) is 90.2 Å². The van der Waals surface area contributed by atoms with Crippen molar-refractivity contribution in [1.82, 2.24) is 4.90 Å². The van der Waals surface area contributed by atoms with Gasteiger partial charge in [-0.1, -0.05) is 48.5 Å². The Kier molecular flexibility index (Phi) is 7.32. The number of carbonyl (C=O) groups excluding carboxylic acids is 3. The third-order valence-corrected chi connectivity index (χ3v) is 5.76. The van der Waals surface area contributed by atoms with E-state index in [-0.39, 0.29) is 12.5 Å². The SMILES string of the molecule is O=C(COC(=O)C1CCCN(C(=O)c2ccc(F)cc2)C1)Nc1ccccc1-c1ccccc1. The smallest absolute Gasteiger partial charge is 0.311 e. The number of carbonyl (C=O) groups is 3. The van der Waals surface area contributed by atoms with E-state index in [2.05, 4.69) is 5.32 Å². The van der Waals surface area contributed by atoms with Gasteiger partial charge in [0, 0.05) is 29.9 Å². The number of piperidine rings is 1. The molecule has 3 aromatic rings. The molecule has 3 aromatic carbocycles. The summed E-state index contributed by atoms with van der Waals surface area (Å²) in [4.78, 5) is 39.3. The summed E-state index contributed by atoms with van der Waals surface area (Å²) in [5.74, 6) is -2.13. The molecule has 0 spiro atoms. The van der Waals surface area contributed by atoms with Gasteiger partial charge < -0.3 is 15.0 Å². The monoisotopic (exact) mass is 460 g/mol. The maximum Gasteiger partial charge on any atom is 0.311 e. The topological polar surface area (TPSA) is 75.7 Å². The molecule has 1 saturated heterocycles. The molecule has 0 aromatic heterocycles. The van der Waals surface area contributed by atoms with Crippen LogP contribution in [0.1, 0.15) is 23.2 Å². The molecule has 2 amide bonds. The van der Waals surface area contributed by atoms with Crippen LogP contribution in [0.15, 0.2) is 78.9 Å². The zero-order valence-corrected chi connectivity index (χ0v) is 18.6. The molecule has 1 heterocycles. The molecule has 1 fully saturated rings. The molecule has 1 aliphatic heterocycles. The van der Waals surface area contributed by atoms with Gasteiger partial charge in [-0.3, -0.25) is 14.4 Å². The highest BCUT2D eigenvalue weighted by atomic mass is 19.1. The van der Waals surface area contributed by atoms with Crippen LogP contribution in [0.2, 0.25) is 0 Å². The molecule has 0 radical (unpaired) electrons. The second-order valence-electron chi connectivity index (χ2n) is 8.16. The number of rotatable bonds is 6. The van der Waals surface area contributed by atoms with Crippen LogP contribution in [0.25, 0.3) is 11.1 Å². The van der Waals surface area contributed by atoms with Crippen LogP contribution >= 0.6 is 0 Å². The van der Waals surface area contributed by atoms with Gasteiger partial charge in [0.05, 0.1) is 5.92 Å². The first-order chi connectivity index (χ1) is 16.5. The number of nitrogens with one attached hydrogen (secondary N) is 1. The highest BCUT2D eigenvalue weighted by molar-refractivity contribution is 5.97. The molecule has 6 nitrogen and oxygen atoms in total. The van der Waals surface area contributed by atoms with Gasteiger partial charge in [-0.25, -0.2) is 4.39 Å². The number of esters is 1. The summed E-state index contributed by atoms with van der Waals surface area (Å²) in [5, 5.41) is 2.81. The Bertz CT molecular complexity index is 1160. The van der Waals surface area contributed by atoms with Crippen LogP contribution in [0, 0.1) is 11.7 Å². The number of benzene rings is 3. The summed E-state index contributed by atoms with van der Waals surface area (Å²) < 4.78 is 18.4. The van der Waals surface area contributed by atoms with Crippen LogP contribution in [-0.2, 0) is 14.3 Å². The first-order valence-corrected chi connectivity index (χ1v) is 11.2. The van der Waals surface area contributed by atoms with Gasteiger partial charge in [0.25, 0.3) is 11.8 Å². The molecule has 7 heteroatoms. The number of hydrogen-bond acceptors (Lipinski definition) is 4. The third kappa shape index (κ3) is 5.67. The molecule has 1 unspecified atom stereocenters. The van der Waals surface area contributed by atoms with E-state index in [1.165, 1.54) is 24.3 Å². The molecule has 4 rings (SSSR count). The lowest BCUT2D eigenvalue weighted by molar-refractivity contribution is -0.152. The Hall–Kier alpha value is -4.00. The minimum Gasteiger partial charge on any atom is -0.455 e. The van der Waals surface area contributed by atoms with Crippen LogP contribution < -0.4 is 5.32 Å². The van der Waals surface area contributed by atoms with Crippen LogP contribution in [-0.4, -0.2) is 42.4 Å². The van der Waals surface area contributed by atoms with Gasteiger partial charge in [-0.2, -0.15) is 0 Å². The van der Waals surface area contributed by atoms with Gasteiger partial charge in [0.15, 0.2) is 6.61 Å². The third-order valence-electron chi connectivity index (χ3n) is 5.76. The van der Waals surface area contributed by atoms with E-state index in [9.17, 15) is 18.8 Å². The molecule has 1 aliphatic rings. The highest BCUT2D eigenvalue weighted by Crippen LogP contribution is 2.27. The first kappa shape index (κ1) is 23.2. The average molecular weight is 461 g/mol. The molecule has 0 saturated carbocycles. The van der Waals surface area contributed by atoms with Gasteiger partial charge in [-0.05, 0) is 48.7 Å². The lowest BCUT2D eigenvalue weighted by Crippen LogP contribution is -2.43. The van der Waals surface area contributed by atoms with Crippen molar-refractivity contribution in [2.45, 2.75) is 12.8 Å². The molecule has 0 bridgehead atoms. The normalized spacial score (nSPS) is 15.4. The second-order valence-corrected chi connectivity index (χ2v) is 8.16. The lowest BCUT2D eigenvalue weighted by atomic mass is 9.97. The number of nitrogens with zero attached hydrogens (tertiary/aromatic N) is 1. The highest BCUT2D eigenvalue weighted by Gasteiger charge is 2.30. The van der Waals surface area contributed by atoms with Gasteiger partial charge in [0.1, 0.15) is 5.82 Å². The summed E-state index contributed by atoms with van der Waals surface area (Å²) in [5.41, 5.74) is 2.82. The quantitative estimate of drug-likeness (QED) is 0.549. The molecule has 34 heavy (non-hydrogen) atoms. The van der Waals surface area contributed by atoms with E-state index in [0.717, 1.165) is 11.1 Å². The van der Waals surface area contributed by atoms with E-state index in [1.807, 2.05) is 48.5 Å². The molecular formula is C27H25FN2O4. The van der Waals surface area contributed by atoms with Gasteiger partial charge in [-0.15, -0.1) is 0 Å². The number of hydrogen-bond donors (Lipinski definition) is 1. The Morgan fingerprint density at radius 1 is 0.941 bits per heavy atom. The number of anilines is 1. The second kappa shape index (κ2) is 10.7. The van der Waals surface area contributed by atoms with E-state index in [0.29, 0.717) is 30.6 Å². The van der Waals surface area contributed by atoms with Crippen molar-refractivity contribution in [2.75, 3.05) is 25.0 Å². The zero-order valence-electron chi connectivity index (χ0n) is 18.6. The molecule has 0 aliphatic carbocycles. The molecular weight excluding hydrogens is 435 g/mol.